The predicted molar refractivity (Wildman–Crippen MR) is 74.5 cm³/mol. The Morgan fingerprint density at radius 3 is 2.90 bits per heavy atom. The highest BCUT2D eigenvalue weighted by atomic mass is 32.2. The van der Waals surface area contributed by atoms with Crippen molar-refractivity contribution in [2.45, 2.75) is 24.8 Å². The molecule has 0 aliphatic heterocycles. The lowest BCUT2D eigenvalue weighted by Gasteiger charge is -2.12. The third-order valence-corrected chi connectivity index (χ3v) is 3.74. The predicted octanol–water partition coefficient (Wildman–Crippen LogP) is 0.129. The summed E-state index contributed by atoms with van der Waals surface area (Å²) in [5.41, 5.74) is 0.430. The average molecular weight is 298 g/mol. The number of aliphatic hydroxyl groups excluding tert-OH is 1. The maximum Gasteiger partial charge on any atom is 0.242 e. The van der Waals surface area contributed by atoms with Crippen molar-refractivity contribution in [1.29, 1.82) is 0 Å². The highest BCUT2D eigenvalue weighted by molar-refractivity contribution is 7.89. The fourth-order valence-corrected chi connectivity index (χ4v) is 2.53. The molecule has 1 unspecified atom stereocenters. The van der Waals surface area contributed by atoms with Crippen LogP contribution in [-0.2, 0) is 14.8 Å². The van der Waals surface area contributed by atoms with Gasteiger partial charge in [-0.2, -0.15) is 0 Å². The van der Waals surface area contributed by atoms with Crippen molar-refractivity contribution in [2.75, 3.05) is 19.8 Å². The number of sulfonamides is 1. The van der Waals surface area contributed by atoms with Crippen LogP contribution in [0.5, 0.6) is 0 Å². The van der Waals surface area contributed by atoms with E-state index in [-0.39, 0.29) is 24.2 Å². The van der Waals surface area contributed by atoms with E-state index in [0.717, 1.165) is 0 Å². The summed E-state index contributed by atoms with van der Waals surface area (Å²) in [6, 6.07) is 1.41. The summed E-state index contributed by atoms with van der Waals surface area (Å²) in [7, 11) is -3.64. The normalized spacial score (nSPS) is 12.6. The maximum atomic E-state index is 12.1. The molecule has 1 aromatic rings. The average Bonchev–Trinajstić information content (AvgIpc) is 2.44. The van der Waals surface area contributed by atoms with E-state index in [9.17, 15) is 8.42 Å². The lowest BCUT2D eigenvalue weighted by molar-refractivity contribution is 0.0799. The van der Waals surface area contributed by atoms with Crippen LogP contribution in [0.3, 0.4) is 0 Å². The van der Waals surface area contributed by atoms with Crippen LogP contribution in [0.1, 0.15) is 19.4 Å². The van der Waals surface area contributed by atoms with Gasteiger partial charge >= 0.3 is 0 Å². The van der Waals surface area contributed by atoms with Gasteiger partial charge in [0.25, 0.3) is 0 Å². The molecule has 7 heteroatoms. The van der Waals surface area contributed by atoms with Crippen molar-refractivity contribution in [2.24, 2.45) is 0 Å². The first-order chi connectivity index (χ1) is 9.49. The molecule has 1 rings (SSSR count). The third-order valence-electron chi connectivity index (χ3n) is 2.35. The summed E-state index contributed by atoms with van der Waals surface area (Å²) < 4.78 is 31.8. The van der Waals surface area contributed by atoms with Gasteiger partial charge in [-0.25, -0.2) is 13.1 Å². The lowest BCUT2D eigenvalue weighted by atomic mass is 10.3. The monoisotopic (exact) mass is 298 g/mol. The molecular weight excluding hydrogens is 280 g/mol. The summed E-state index contributed by atoms with van der Waals surface area (Å²) in [6.07, 6.45) is 2.47. The number of hydrogen-bond acceptors (Lipinski definition) is 5. The van der Waals surface area contributed by atoms with Gasteiger partial charge in [-0.05, 0) is 19.9 Å². The molecule has 1 aromatic heterocycles. The van der Waals surface area contributed by atoms with E-state index >= 15 is 0 Å². The van der Waals surface area contributed by atoms with Crippen molar-refractivity contribution >= 4 is 10.0 Å². The van der Waals surface area contributed by atoms with Crippen molar-refractivity contribution < 1.29 is 18.3 Å². The molecule has 0 saturated heterocycles. The molecule has 0 radical (unpaired) electrons. The van der Waals surface area contributed by atoms with Crippen LogP contribution in [0.2, 0.25) is 0 Å². The molecule has 20 heavy (non-hydrogen) atoms. The van der Waals surface area contributed by atoms with E-state index in [1.54, 1.807) is 6.92 Å². The summed E-state index contributed by atoms with van der Waals surface area (Å²) in [5.74, 6) is 5.05. The Kier molecular flexibility index (Phi) is 6.61. The van der Waals surface area contributed by atoms with Crippen molar-refractivity contribution in [3.05, 3.63) is 24.0 Å². The molecule has 0 amide bonds. The zero-order valence-electron chi connectivity index (χ0n) is 11.5. The minimum Gasteiger partial charge on any atom is -0.384 e. The standard InChI is InChI=1S/C13H18N2O4S/c1-3-19-11(2)8-15-20(17,18)13-7-12(5-4-6-16)9-14-10-13/h7,9-11,15-16H,3,6,8H2,1-2H3. The quantitative estimate of drug-likeness (QED) is 0.729. The Hall–Kier alpha value is -1.46. The minimum absolute atomic E-state index is 0.0333. The van der Waals surface area contributed by atoms with Gasteiger partial charge in [0.1, 0.15) is 11.5 Å². The maximum absolute atomic E-state index is 12.1. The Balaban J connectivity index is 2.82. The van der Waals surface area contributed by atoms with Gasteiger partial charge in [0, 0.05) is 31.1 Å². The van der Waals surface area contributed by atoms with Crippen molar-refractivity contribution in [3.8, 4) is 11.8 Å². The van der Waals surface area contributed by atoms with E-state index in [2.05, 4.69) is 21.5 Å². The number of ether oxygens (including phenoxy) is 1. The molecule has 1 heterocycles. The zero-order valence-corrected chi connectivity index (χ0v) is 12.3. The zero-order chi connectivity index (χ0) is 15.0. The first kappa shape index (κ1) is 16.6. The number of nitrogens with zero attached hydrogens (tertiary/aromatic N) is 1. The fraction of sp³-hybridized carbons (Fsp3) is 0.462. The second kappa shape index (κ2) is 7.97. The molecule has 110 valence electrons. The van der Waals surface area contributed by atoms with Crippen molar-refractivity contribution in [3.63, 3.8) is 0 Å². The molecule has 1 atom stereocenters. The van der Waals surface area contributed by atoms with Crippen LogP contribution in [0.4, 0.5) is 0 Å². The van der Waals surface area contributed by atoms with Crippen LogP contribution in [0.15, 0.2) is 23.4 Å². The first-order valence-corrected chi connectivity index (χ1v) is 7.64. The highest BCUT2D eigenvalue weighted by Gasteiger charge is 2.16. The first-order valence-electron chi connectivity index (χ1n) is 6.15. The lowest BCUT2D eigenvalue weighted by Crippen LogP contribution is -2.32. The van der Waals surface area contributed by atoms with Gasteiger partial charge in [0.2, 0.25) is 10.0 Å². The van der Waals surface area contributed by atoms with Crippen LogP contribution in [0.25, 0.3) is 0 Å². The molecule has 6 nitrogen and oxygen atoms in total. The number of pyridine rings is 1. The number of aromatic nitrogens is 1. The third kappa shape index (κ3) is 5.27. The Bertz CT molecular complexity index is 590. The van der Waals surface area contributed by atoms with Gasteiger partial charge in [0.15, 0.2) is 0 Å². The topological polar surface area (TPSA) is 88.5 Å². The number of nitrogens with one attached hydrogen (secondary N) is 1. The largest absolute Gasteiger partial charge is 0.384 e. The number of hydrogen-bond donors (Lipinski definition) is 2. The van der Waals surface area contributed by atoms with E-state index < -0.39 is 10.0 Å². The van der Waals surface area contributed by atoms with Crippen LogP contribution in [-0.4, -0.2) is 44.4 Å². The molecule has 0 bridgehead atoms. The van der Waals surface area contributed by atoms with Gasteiger partial charge in [-0.15, -0.1) is 0 Å². The Morgan fingerprint density at radius 2 is 2.25 bits per heavy atom. The number of rotatable bonds is 6. The molecule has 0 aromatic carbocycles. The molecule has 0 saturated carbocycles. The molecule has 2 N–H and O–H groups in total. The van der Waals surface area contributed by atoms with E-state index in [1.807, 2.05) is 6.92 Å². The second-order valence-corrected chi connectivity index (χ2v) is 5.75. The van der Waals surface area contributed by atoms with Gasteiger partial charge < -0.3 is 9.84 Å². The van der Waals surface area contributed by atoms with Crippen LogP contribution < -0.4 is 4.72 Å². The Labute approximate surface area is 119 Å². The molecule has 0 spiro atoms. The van der Waals surface area contributed by atoms with Gasteiger partial charge in [-0.3, -0.25) is 4.98 Å². The summed E-state index contributed by atoms with van der Waals surface area (Å²) in [4.78, 5) is 3.87. The SMILES string of the molecule is CCOC(C)CNS(=O)(=O)c1cncc(C#CCO)c1. The Morgan fingerprint density at radius 1 is 1.50 bits per heavy atom. The highest BCUT2D eigenvalue weighted by Crippen LogP contribution is 2.09. The van der Waals surface area contributed by atoms with Crippen molar-refractivity contribution in [1.82, 2.24) is 9.71 Å². The summed E-state index contributed by atoms with van der Waals surface area (Å²) >= 11 is 0. The van der Waals surface area contributed by atoms with E-state index in [0.29, 0.717) is 12.2 Å². The molecule has 0 aliphatic carbocycles. The van der Waals surface area contributed by atoms with Crippen LogP contribution in [0, 0.1) is 11.8 Å². The van der Waals surface area contributed by atoms with Crippen LogP contribution >= 0.6 is 0 Å². The molecule has 0 fully saturated rings. The molecular formula is C13H18N2O4S. The molecule has 0 aliphatic rings. The van der Waals surface area contributed by atoms with E-state index in [1.165, 1.54) is 18.5 Å². The van der Waals surface area contributed by atoms with Gasteiger partial charge in [-0.1, -0.05) is 11.8 Å². The smallest absolute Gasteiger partial charge is 0.242 e. The fourth-order valence-electron chi connectivity index (χ4n) is 1.43. The second-order valence-electron chi connectivity index (χ2n) is 3.99. The minimum atomic E-state index is -3.64. The number of aliphatic hydroxyl groups is 1. The van der Waals surface area contributed by atoms with E-state index in [4.69, 9.17) is 9.84 Å². The summed E-state index contributed by atoms with van der Waals surface area (Å²) in [5, 5.41) is 8.61. The van der Waals surface area contributed by atoms with Gasteiger partial charge in [0.05, 0.1) is 6.10 Å². The summed E-state index contributed by atoms with van der Waals surface area (Å²) in [6.45, 7) is 4.05.